The Morgan fingerprint density at radius 1 is 1.29 bits per heavy atom. The number of hydrogen-bond donors (Lipinski definition) is 1. The smallest absolute Gasteiger partial charge is 0.0732 e. The molecule has 0 radical (unpaired) electrons. The van der Waals surface area contributed by atoms with E-state index in [-0.39, 0.29) is 0 Å². The number of aromatic amines is 1. The lowest BCUT2D eigenvalue weighted by atomic mass is 10.3. The topological polar surface area (TPSA) is 15.8 Å². The lowest BCUT2D eigenvalue weighted by Gasteiger charge is -1.94. The van der Waals surface area contributed by atoms with Crippen LogP contribution in [-0.2, 0) is 0 Å². The van der Waals surface area contributed by atoms with Crippen LogP contribution in [0.2, 0.25) is 0 Å². The molecule has 2 aromatic rings. The number of fused-ring (bicyclic) bond motifs is 1. The van der Waals surface area contributed by atoms with Crippen molar-refractivity contribution in [2.24, 2.45) is 0 Å². The highest BCUT2D eigenvalue weighted by molar-refractivity contribution is 9.09. The lowest BCUT2D eigenvalue weighted by molar-refractivity contribution is 1.12. The molecule has 0 spiro atoms. The van der Waals surface area contributed by atoms with Crippen LogP contribution in [0.1, 0.15) is 6.42 Å². The van der Waals surface area contributed by atoms with Gasteiger partial charge in [-0.15, -0.1) is 11.8 Å². The standard InChI is InChI=1S/C11H12BrNS/c12-6-3-7-14-11-8-9-4-1-2-5-10(9)13-11/h1-2,4-5,8,13H,3,6-7H2. The zero-order valence-corrected chi connectivity index (χ0v) is 10.2. The van der Waals surface area contributed by atoms with Gasteiger partial charge in [0.25, 0.3) is 0 Å². The Labute approximate surface area is 96.4 Å². The molecule has 3 heteroatoms. The molecule has 14 heavy (non-hydrogen) atoms. The maximum absolute atomic E-state index is 3.43. The van der Waals surface area contributed by atoms with Crippen molar-refractivity contribution in [3.8, 4) is 0 Å². The summed E-state index contributed by atoms with van der Waals surface area (Å²) in [5.74, 6) is 1.16. The number of aromatic nitrogens is 1. The summed E-state index contributed by atoms with van der Waals surface area (Å²) in [5.41, 5.74) is 1.23. The normalized spacial score (nSPS) is 10.9. The van der Waals surface area contributed by atoms with Crippen LogP contribution in [0.25, 0.3) is 10.9 Å². The molecule has 0 aliphatic rings. The predicted molar refractivity (Wildman–Crippen MR) is 67.4 cm³/mol. The Morgan fingerprint density at radius 3 is 2.93 bits per heavy atom. The molecule has 0 atom stereocenters. The van der Waals surface area contributed by atoms with Gasteiger partial charge in [0, 0.05) is 22.0 Å². The fraction of sp³-hybridized carbons (Fsp3) is 0.273. The molecule has 1 heterocycles. The average molecular weight is 270 g/mol. The van der Waals surface area contributed by atoms with E-state index in [0.29, 0.717) is 0 Å². The minimum absolute atomic E-state index is 1.08. The number of halogens is 1. The van der Waals surface area contributed by atoms with Gasteiger partial charge in [0.2, 0.25) is 0 Å². The fourth-order valence-corrected chi connectivity index (χ4v) is 2.91. The van der Waals surface area contributed by atoms with E-state index < -0.39 is 0 Å². The van der Waals surface area contributed by atoms with Gasteiger partial charge in [0.05, 0.1) is 5.03 Å². The molecule has 2 rings (SSSR count). The molecule has 0 aliphatic heterocycles. The second-order valence-corrected chi connectivity index (χ2v) is 5.04. The number of para-hydroxylation sites is 1. The number of rotatable bonds is 4. The third-order valence-corrected chi connectivity index (χ3v) is 3.63. The Balaban J connectivity index is 2.11. The minimum Gasteiger partial charge on any atom is -0.350 e. The molecular formula is C11H12BrNS. The molecule has 0 fully saturated rings. The van der Waals surface area contributed by atoms with E-state index >= 15 is 0 Å². The van der Waals surface area contributed by atoms with Crippen LogP contribution in [0.15, 0.2) is 35.4 Å². The van der Waals surface area contributed by atoms with Gasteiger partial charge in [-0.1, -0.05) is 34.1 Å². The lowest BCUT2D eigenvalue weighted by Crippen LogP contribution is -1.79. The number of H-pyrrole nitrogens is 1. The van der Waals surface area contributed by atoms with Crippen molar-refractivity contribution in [1.29, 1.82) is 0 Å². The van der Waals surface area contributed by atoms with E-state index in [0.717, 1.165) is 11.1 Å². The molecule has 0 amide bonds. The summed E-state index contributed by atoms with van der Waals surface area (Å²) in [6, 6.07) is 10.6. The van der Waals surface area contributed by atoms with Crippen LogP contribution in [0.5, 0.6) is 0 Å². The summed E-state index contributed by atoms with van der Waals surface area (Å²) in [7, 11) is 0. The second-order valence-electron chi connectivity index (χ2n) is 3.11. The molecule has 0 saturated carbocycles. The molecule has 1 aromatic heterocycles. The molecule has 0 bridgehead atoms. The number of hydrogen-bond acceptors (Lipinski definition) is 1. The van der Waals surface area contributed by atoms with Gasteiger partial charge in [0.15, 0.2) is 0 Å². The van der Waals surface area contributed by atoms with E-state index in [1.54, 1.807) is 0 Å². The summed E-state index contributed by atoms with van der Waals surface area (Å²) >= 11 is 5.32. The molecule has 0 aliphatic carbocycles. The van der Waals surface area contributed by atoms with Crippen molar-refractivity contribution in [3.63, 3.8) is 0 Å². The highest BCUT2D eigenvalue weighted by Gasteiger charge is 1.99. The summed E-state index contributed by atoms with van der Waals surface area (Å²) in [5, 5.41) is 3.65. The van der Waals surface area contributed by atoms with E-state index in [2.05, 4.69) is 51.2 Å². The molecule has 1 N–H and O–H groups in total. The summed E-state index contributed by atoms with van der Waals surface area (Å²) in [6.45, 7) is 0. The first-order valence-electron chi connectivity index (χ1n) is 4.66. The third kappa shape index (κ3) is 2.34. The maximum Gasteiger partial charge on any atom is 0.0732 e. The Kier molecular flexibility index (Phi) is 3.54. The average Bonchev–Trinajstić information content (AvgIpc) is 2.60. The second kappa shape index (κ2) is 4.89. The number of nitrogens with one attached hydrogen (secondary N) is 1. The van der Waals surface area contributed by atoms with Crippen LogP contribution >= 0.6 is 27.7 Å². The maximum atomic E-state index is 3.43. The largest absolute Gasteiger partial charge is 0.350 e. The predicted octanol–water partition coefficient (Wildman–Crippen LogP) is 4.05. The van der Waals surface area contributed by atoms with Crippen LogP contribution in [-0.4, -0.2) is 16.1 Å². The highest BCUT2D eigenvalue weighted by Crippen LogP contribution is 2.23. The van der Waals surface area contributed by atoms with Crippen molar-refractivity contribution in [1.82, 2.24) is 4.98 Å². The van der Waals surface area contributed by atoms with E-state index in [1.165, 1.54) is 22.3 Å². The summed E-state index contributed by atoms with van der Waals surface area (Å²) in [6.07, 6.45) is 1.21. The van der Waals surface area contributed by atoms with E-state index in [9.17, 15) is 0 Å². The monoisotopic (exact) mass is 269 g/mol. The Morgan fingerprint density at radius 2 is 2.14 bits per heavy atom. The van der Waals surface area contributed by atoms with E-state index in [1.807, 2.05) is 11.8 Å². The van der Waals surface area contributed by atoms with E-state index in [4.69, 9.17) is 0 Å². The molecule has 1 aromatic carbocycles. The van der Waals surface area contributed by atoms with Crippen LogP contribution in [0.3, 0.4) is 0 Å². The Bertz CT molecular complexity index is 377. The van der Waals surface area contributed by atoms with Crippen molar-refractivity contribution in [2.45, 2.75) is 11.4 Å². The SMILES string of the molecule is BrCCCSc1cc2ccccc2[nH]1. The fourth-order valence-electron chi connectivity index (χ4n) is 1.36. The van der Waals surface area contributed by atoms with Crippen LogP contribution < -0.4 is 0 Å². The van der Waals surface area contributed by atoms with Crippen LogP contribution in [0, 0.1) is 0 Å². The summed E-state index contributed by atoms with van der Waals surface area (Å²) in [4.78, 5) is 3.40. The van der Waals surface area contributed by atoms with Gasteiger partial charge in [0.1, 0.15) is 0 Å². The number of thioether (sulfide) groups is 1. The van der Waals surface area contributed by atoms with Crippen molar-refractivity contribution >= 4 is 38.6 Å². The first-order chi connectivity index (χ1) is 6.90. The Hall–Kier alpha value is -0.410. The molecular weight excluding hydrogens is 258 g/mol. The van der Waals surface area contributed by atoms with Gasteiger partial charge in [-0.3, -0.25) is 0 Å². The molecule has 1 nitrogen and oxygen atoms in total. The van der Waals surface area contributed by atoms with Crippen molar-refractivity contribution < 1.29 is 0 Å². The number of benzene rings is 1. The first-order valence-corrected chi connectivity index (χ1v) is 6.77. The highest BCUT2D eigenvalue weighted by atomic mass is 79.9. The first kappa shape index (κ1) is 10.1. The molecule has 74 valence electrons. The number of alkyl halides is 1. The van der Waals surface area contributed by atoms with Crippen LogP contribution in [0.4, 0.5) is 0 Å². The van der Waals surface area contributed by atoms with Gasteiger partial charge in [-0.25, -0.2) is 0 Å². The van der Waals surface area contributed by atoms with Crippen molar-refractivity contribution in [3.05, 3.63) is 30.3 Å². The quantitative estimate of drug-likeness (QED) is 0.503. The van der Waals surface area contributed by atoms with Crippen molar-refractivity contribution in [2.75, 3.05) is 11.1 Å². The van der Waals surface area contributed by atoms with Gasteiger partial charge in [-0.2, -0.15) is 0 Å². The summed E-state index contributed by atoms with van der Waals surface area (Å²) < 4.78 is 0. The molecule has 0 unspecified atom stereocenters. The van der Waals surface area contributed by atoms with Gasteiger partial charge in [-0.05, 0) is 18.6 Å². The molecule has 0 saturated heterocycles. The minimum atomic E-state index is 1.08. The van der Waals surface area contributed by atoms with Gasteiger partial charge >= 0.3 is 0 Å². The zero-order valence-electron chi connectivity index (χ0n) is 7.79. The third-order valence-electron chi connectivity index (χ3n) is 2.04. The zero-order chi connectivity index (χ0) is 9.80. The van der Waals surface area contributed by atoms with Gasteiger partial charge < -0.3 is 4.98 Å².